The first-order valence-electron chi connectivity index (χ1n) is 4.48. The number of rotatable bonds is 1. The number of nitriles is 1. The highest BCUT2D eigenvalue weighted by Gasteiger charge is 2.33. The van der Waals surface area contributed by atoms with E-state index in [4.69, 9.17) is 9.78 Å². The molecule has 1 fully saturated rings. The van der Waals surface area contributed by atoms with Gasteiger partial charge in [-0.25, -0.2) is 0 Å². The lowest BCUT2D eigenvalue weighted by Crippen LogP contribution is -2.24. The molecule has 78 valence electrons. The molecular formula is C9H9N3O2S. The van der Waals surface area contributed by atoms with Crippen LogP contribution in [-0.2, 0) is 4.79 Å². The lowest BCUT2D eigenvalue weighted by atomic mass is 10.2. The minimum Gasteiger partial charge on any atom is -0.336 e. The van der Waals surface area contributed by atoms with E-state index in [-0.39, 0.29) is 17.0 Å². The Morgan fingerprint density at radius 1 is 1.73 bits per heavy atom. The van der Waals surface area contributed by atoms with Gasteiger partial charge < -0.3 is 4.52 Å². The van der Waals surface area contributed by atoms with Crippen LogP contribution in [0.4, 0.5) is 5.88 Å². The smallest absolute Gasteiger partial charge is 0.252 e. The van der Waals surface area contributed by atoms with Crippen LogP contribution in [0.1, 0.15) is 17.7 Å². The van der Waals surface area contributed by atoms with Crippen molar-refractivity contribution in [2.24, 2.45) is 0 Å². The number of thiol groups is 1. The molecule has 5 nitrogen and oxygen atoms in total. The van der Waals surface area contributed by atoms with Crippen molar-refractivity contribution in [2.75, 3.05) is 11.4 Å². The summed E-state index contributed by atoms with van der Waals surface area (Å²) in [6.07, 6.45) is 0.369. The predicted molar refractivity (Wildman–Crippen MR) is 55.7 cm³/mol. The number of hydrogen-bond acceptors (Lipinski definition) is 5. The molecule has 1 unspecified atom stereocenters. The SMILES string of the molecule is Cc1noc(N2CC(S)CC2=O)c1C#N. The fourth-order valence-electron chi connectivity index (χ4n) is 1.56. The van der Waals surface area contributed by atoms with Gasteiger partial charge in [0.1, 0.15) is 17.3 Å². The fourth-order valence-corrected chi connectivity index (χ4v) is 1.88. The third-order valence-electron chi connectivity index (χ3n) is 2.31. The quantitative estimate of drug-likeness (QED) is 0.718. The molecule has 0 saturated carbocycles. The zero-order chi connectivity index (χ0) is 11.0. The maximum atomic E-state index is 11.5. The van der Waals surface area contributed by atoms with Crippen molar-refractivity contribution < 1.29 is 9.32 Å². The summed E-state index contributed by atoms with van der Waals surface area (Å²) >= 11 is 4.22. The molecule has 1 aromatic rings. The van der Waals surface area contributed by atoms with Crippen LogP contribution in [0.2, 0.25) is 0 Å². The Morgan fingerprint density at radius 2 is 2.47 bits per heavy atom. The average molecular weight is 223 g/mol. The molecule has 2 rings (SSSR count). The number of carbonyl (C=O) groups excluding carboxylic acids is 1. The second-order valence-electron chi connectivity index (χ2n) is 3.42. The highest BCUT2D eigenvalue weighted by molar-refractivity contribution is 7.81. The van der Waals surface area contributed by atoms with Crippen LogP contribution in [0, 0.1) is 18.3 Å². The molecule has 6 heteroatoms. The van der Waals surface area contributed by atoms with Crippen molar-refractivity contribution in [3.63, 3.8) is 0 Å². The van der Waals surface area contributed by atoms with Gasteiger partial charge in [0.25, 0.3) is 5.88 Å². The minimum atomic E-state index is -0.0809. The Hall–Kier alpha value is -1.48. The summed E-state index contributed by atoms with van der Waals surface area (Å²) in [6.45, 7) is 2.13. The number of anilines is 1. The van der Waals surface area contributed by atoms with Gasteiger partial charge in [-0.2, -0.15) is 17.9 Å². The van der Waals surface area contributed by atoms with Crippen molar-refractivity contribution in [1.82, 2.24) is 5.16 Å². The zero-order valence-corrected chi connectivity index (χ0v) is 8.99. The van der Waals surface area contributed by atoms with Gasteiger partial charge in [0.2, 0.25) is 5.91 Å². The van der Waals surface area contributed by atoms with E-state index in [1.165, 1.54) is 4.90 Å². The first kappa shape index (κ1) is 10.1. The van der Waals surface area contributed by atoms with E-state index in [1.807, 2.05) is 6.07 Å². The molecule has 0 bridgehead atoms. The number of amides is 1. The summed E-state index contributed by atoms with van der Waals surface area (Å²) < 4.78 is 4.99. The normalized spacial score (nSPS) is 20.7. The Balaban J connectivity index is 2.39. The lowest BCUT2D eigenvalue weighted by Gasteiger charge is -2.10. The summed E-state index contributed by atoms with van der Waals surface area (Å²) in [5, 5.41) is 12.6. The van der Waals surface area contributed by atoms with E-state index in [0.29, 0.717) is 24.2 Å². The monoisotopic (exact) mass is 223 g/mol. The summed E-state index contributed by atoms with van der Waals surface area (Å²) in [6, 6.07) is 1.98. The first-order chi connectivity index (χ1) is 7.13. The van der Waals surface area contributed by atoms with Crippen molar-refractivity contribution in [2.45, 2.75) is 18.6 Å². The van der Waals surface area contributed by atoms with Crippen LogP contribution in [0.5, 0.6) is 0 Å². The molecule has 0 aliphatic carbocycles. The minimum absolute atomic E-state index is 0.00514. The first-order valence-corrected chi connectivity index (χ1v) is 5.00. The van der Waals surface area contributed by atoms with Gasteiger partial charge in [0.15, 0.2) is 0 Å². The molecule has 2 heterocycles. The highest BCUT2D eigenvalue weighted by Crippen LogP contribution is 2.28. The number of aryl methyl sites for hydroxylation is 1. The van der Waals surface area contributed by atoms with Gasteiger partial charge in [0, 0.05) is 18.2 Å². The third kappa shape index (κ3) is 1.59. The van der Waals surface area contributed by atoms with Crippen molar-refractivity contribution >= 4 is 24.4 Å². The molecule has 1 saturated heterocycles. The average Bonchev–Trinajstić information content (AvgIpc) is 2.69. The summed E-state index contributed by atoms with van der Waals surface area (Å²) in [5.41, 5.74) is 0.827. The molecule has 0 radical (unpaired) electrons. The topological polar surface area (TPSA) is 70.1 Å². The van der Waals surface area contributed by atoms with E-state index in [9.17, 15) is 4.79 Å². The molecule has 0 aromatic carbocycles. The van der Waals surface area contributed by atoms with Crippen LogP contribution in [0.25, 0.3) is 0 Å². The van der Waals surface area contributed by atoms with E-state index in [1.54, 1.807) is 6.92 Å². The Bertz CT molecular complexity index is 449. The van der Waals surface area contributed by atoms with Crippen molar-refractivity contribution in [3.05, 3.63) is 11.3 Å². The Labute approximate surface area is 92.0 Å². The lowest BCUT2D eigenvalue weighted by molar-refractivity contribution is -0.117. The van der Waals surface area contributed by atoms with E-state index in [0.717, 1.165) is 0 Å². The van der Waals surface area contributed by atoms with Crippen LogP contribution < -0.4 is 4.90 Å². The van der Waals surface area contributed by atoms with Crippen molar-refractivity contribution in [3.8, 4) is 6.07 Å². The van der Waals surface area contributed by atoms with Gasteiger partial charge >= 0.3 is 0 Å². The molecule has 0 spiro atoms. The Morgan fingerprint density at radius 3 is 3.00 bits per heavy atom. The summed E-state index contributed by atoms with van der Waals surface area (Å²) in [7, 11) is 0. The molecular weight excluding hydrogens is 214 g/mol. The largest absolute Gasteiger partial charge is 0.336 e. The van der Waals surface area contributed by atoms with E-state index >= 15 is 0 Å². The fraction of sp³-hybridized carbons (Fsp3) is 0.444. The number of aromatic nitrogens is 1. The van der Waals surface area contributed by atoms with E-state index in [2.05, 4.69) is 17.8 Å². The molecule has 1 atom stereocenters. The predicted octanol–water partition coefficient (Wildman–Crippen LogP) is 0.890. The highest BCUT2D eigenvalue weighted by atomic mass is 32.1. The zero-order valence-electron chi connectivity index (χ0n) is 8.10. The van der Waals surface area contributed by atoms with E-state index < -0.39 is 0 Å². The molecule has 1 aliphatic rings. The maximum Gasteiger partial charge on any atom is 0.252 e. The molecule has 1 amide bonds. The second kappa shape index (κ2) is 3.59. The van der Waals surface area contributed by atoms with Gasteiger partial charge in [-0.3, -0.25) is 9.69 Å². The van der Waals surface area contributed by atoms with Crippen LogP contribution in [0.15, 0.2) is 4.52 Å². The van der Waals surface area contributed by atoms with Gasteiger partial charge in [-0.15, -0.1) is 0 Å². The molecule has 15 heavy (non-hydrogen) atoms. The van der Waals surface area contributed by atoms with Gasteiger partial charge in [-0.05, 0) is 6.92 Å². The standard InChI is InChI=1S/C9H9N3O2S/c1-5-7(3-10)9(14-11-5)12-4-6(15)2-8(12)13/h6,15H,2,4H2,1H3. The maximum absolute atomic E-state index is 11.5. The van der Waals surface area contributed by atoms with Crippen LogP contribution in [0.3, 0.4) is 0 Å². The molecule has 1 aromatic heterocycles. The third-order valence-corrected chi connectivity index (χ3v) is 2.65. The van der Waals surface area contributed by atoms with Crippen LogP contribution >= 0.6 is 12.6 Å². The van der Waals surface area contributed by atoms with Gasteiger partial charge in [-0.1, -0.05) is 5.16 Å². The van der Waals surface area contributed by atoms with Crippen LogP contribution in [-0.4, -0.2) is 22.9 Å². The summed E-state index contributed by atoms with van der Waals surface area (Å²) in [5.74, 6) is 0.166. The van der Waals surface area contributed by atoms with Gasteiger partial charge in [0.05, 0.1) is 0 Å². The summed E-state index contributed by atoms with van der Waals surface area (Å²) in [4.78, 5) is 13.0. The molecule has 1 aliphatic heterocycles. The second-order valence-corrected chi connectivity index (χ2v) is 4.15. The Kier molecular flexibility index (Phi) is 2.40. The number of hydrogen-bond donors (Lipinski definition) is 1. The number of nitrogens with zero attached hydrogens (tertiary/aromatic N) is 3. The van der Waals surface area contributed by atoms with Crippen molar-refractivity contribution in [1.29, 1.82) is 5.26 Å². The molecule has 0 N–H and O–H groups in total. The number of carbonyl (C=O) groups is 1.